The third-order valence-electron chi connectivity index (χ3n) is 0.893. The van der Waals surface area contributed by atoms with Gasteiger partial charge in [-0.2, -0.15) is 8.42 Å². The van der Waals surface area contributed by atoms with Crippen molar-refractivity contribution in [2.24, 2.45) is 10.3 Å². The fourth-order valence-corrected chi connectivity index (χ4v) is 1.40. The minimum Gasteiger partial charge on any atom is -0.265 e. The zero-order valence-electron chi connectivity index (χ0n) is 6.85. The molecule has 1 aromatic carbocycles. The number of hydrogen-bond acceptors (Lipinski definition) is 3. The van der Waals surface area contributed by atoms with E-state index >= 15 is 0 Å². The highest BCUT2D eigenvalue weighted by Crippen LogP contribution is 2.14. The van der Waals surface area contributed by atoms with E-state index in [9.17, 15) is 11.5 Å². The number of rotatable bonds is 1. The molecule has 1 rings (SSSR count). The molecule has 0 heterocycles. The van der Waals surface area contributed by atoms with E-state index in [1.807, 2.05) is 24.3 Å². The van der Waals surface area contributed by atoms with Crippen LogP contribution in [0.25, 0.3) is 0 Å². The number of halogens is 2. The third-order valence-corrected chi connectivity index (χ3v) is 2.65. The topological polar surface area (TPSA) is 103 Å². The van der Waals surface area contributed by atoms with E-state index < -0.39 is 31.4 Å². The van der Waals surface area contributed by atoms with Crippen LogP contribution in [-0.2, 0) is 13.3 Å². The van der Waals surface area contributed by atoms with E-state index in [0.29, 0.717) is 0 Å². The summed E-state index contributed by atoms with van der Waals surface area (Å²) in [5.41, 5.74) is 0. The first-order chi connectivity index (χ1) is 6.33. The summed E-state index contributed by atoms with van der Waals surface area (Å²) in [6, 6.07) is 7.52. The molecule has 0 aliphatic heterocycles. The number of nitrogens with two attached hydrogens (primary N) is 2. The molecular formula is C6H8BrIN2O3S. The van der Waals surface area contributed by atoms with Gasteiger partial charge in [-0.25, -0.2) is 10.3 Å². The highest BCUT2D eigenvalue weighted by molar-refractivity contribution is 14.1. The summed E-state index contributed by atoms with van der Waals surface area (Å²) in [5, 5.41) is 8.21. The monoisotopic (exact) mass is 394 g/mol. The first kappa shape index (κ1) is 14.1. The minimum atomic E-state index is -3.67. The molecule has 0 aliphatic rings. The molecule has 4 N–H and O–H groups in total. The summed E-state index contributed by atoms with van der Waals surface area (Å²) < 4.78 is 30.7. The summed E-state index contributed by atoms with van der Waals surface area (Å²) in [5.74, 6) is 0. The van der Waals surface area contributed by atoms with Crippen molar-refractivity contribution in [2.75, 3.05) is 0 Å². The van der Waals surface area contributed by atoms with E-state index in [0.717, 1.165) is 8.04 Å². The Hall–Kier alpha value is 0.1000. The number of hydrogen-bond donors (Lipinski definition) is 2. The maximum Gasteiger partial charge on any atom is 0.271 e. The molecule has 1 aromatic rings. The van der Waals surface area contributed by atoms with Crippen LogP contribution >= 0.6 is 37.1 Å². The average Bonchev–Trinajstić information content (AvgIpc) is 2.03. The smallest absolute Gasteiger partial charge is 0.265 e. The molecule has 0 amide bonds. The standard InChI is InChI=1S/C6H4BrIO.H4N2O2S/c7-5-1-3-6(8-9)4-2-5;1-5(2,3)4/h1-4H;(H4,1,2,3,4). The van der Waals surface area contributed by atoms with Crippen molar-refractivity contribution in [3.63, 3.8) is 0 Å². The Morgan fingerprint density at radius 2 is 1.50 bits per heavy atom. The molecule has 0 aromatic heterocycles. The lowest BCUT2D eigenvalue weighted by molar-refractivity contribution is 0.599. The zero-order chi connectivity index (χ0) is 11.2. The van der Waals surface area contributed by atoms with Gasteiger partial charge in [0.25, 0.3) is 10.2 Å². The lowest BCUT2D eigenvalue weighted by Gasteiger charge is -1.86. The summed E-state index contributed by atoms with van der Waals surface area (Å²) in [7, 11) is -3.67. The highest BCUT2D eigenvalue weighted by atomic mass is 127. The van der Waals surface area contributed by atoms with Gasteiger partial charge in [0, 0.05) is 8.04 Å². The molecule has 8 heteroatoms. The maximum absolute atomic E-state index is 10.3. The van der Waals surface area contributed by atoms with Crippen molar-refractivity contribution in [1.82, 2.24) is 0 Å². The Bertz CT molecular complexity index is 384. The Morgan fingerprint density at radius 1 is 1.14 bits per heavy atom. The van der Waals surface area contributed by atoms with Crippen LogP contribution in [0.4, 0.5) is 0 Å². The van der Waals surface area contributed by atoms with Crippen LogP contribution in [0, 0.1) is 3.57 Å². The number of benzene rings is 1. The van der Waals surface area contributed by atoms with Gasteiger partial charge in [-0.15, -0.1) is 0 Å². The van der Waals surface area contributed by atoms with Crippen LogP contribution < -0.4 is 10.3 Å². The molecule has 0 saturated heterocycles. The molecule has 80 valence electrons. The fourth-order valence-electron chi connectivity index (χ4n) is 0.481. The van der Waals surface area contributed by atoms with E-state index in [4.69, 9.17) is 0 Å². The first-order valence-corrected chi connectivity index (χ1v) is 7.52. The normalized spacial score (nSPS) is 10.2. The van der Waals surface area contributed by atoms with Crippen LogP contribution in [0.5, 0.6) is 0 Å². The Labute approximate surface area is 101 Å². The molecule has 0 saturated carbocycles. The SMILES string of the molecule is NS(N)(=O)=O.O=Ic1ccc(Br)cc1. The second-order valence-electron chi connectivity index (χ2n) is 2.10. The molecule has 0 fully saturated rings. The Balaban J connectivity index is 0.000000292. The predicted molar refractivity (Wildman–Crippen MR) is 64.8 cm³/mol. The first-order valence-electron chi connectivity index (χ1n) is 3.16. The Kier molecular flexibility index (Phi) is 6.61. The third kappa shape index (κ3) is 10.2. The van der Waals surface area contributed by atoms with E-state index in [1.165, 1.54) is 0 Å². The van der Waals surface area contributed by atoms with E-state index in [2.05, 4.69) is 26.2 Å². The second kappa shape index (κ2) is 6.56. The van der Waals surface area contributed by atoms with Gasteiger partial charge in [-0.1, -0.05) is 15.9 Å². The minimum absolute atomic E-state index is 0.942. The van der Waals surface area contributed by atoms with Crippen molar-refractivity contribution in [2.45, 2.75) is 0 Å². The molecule has 0 radical (unpaired) electrons. The average molecular weight is 395 g/mol. The van der Waals surface area contributed by atoms with Gasteiger partial charge in [0.2, 0.25) is 0 Å². The van der Waals surface area contributed by atoms with Crippen LogP contribution in [0.2, 0.25) is 0 Å². The molecule has 0 bridgehead atoms. The van der Waals surface area contributed by atoms with Gasteiger partial charge in [-0.3, -0.25) is 3.07 Å². The van der Waals surface area contributed by atoms with Crippen LogP contribution in [-0.4, -0.2) is 8.42 Å². The van der Waals surface area contributed by atoms with Crippen LogP contribution in [0.3, 0.4) is 0 Å². The summed E-state index contributed by atoms with van der Waals surface area (Å²) in [6.07, 6.45) is 0. The van der Waals surface area contributed by atoms with Crippen molar-refractivity contribution < 1.29 is 11.5 Å². The molecular weight excluding hydrogens is 387 g/mol. The fraction of sp³-hybridized carbons (Fsp3) is 0. The van der Waals surface area contributed by atoms with Gasteiger partial charge in [0.15, 0.2) is 21.2 Å². The molecule has 0 unspecified atom stereocenters. The zero-order valence-corrected chi connectivity index (χ0v) is 11.4. The lowest BCUT2D eigenvalue weighted by atomic mass is 10.4. The van der Waals surface area contributed by atoms with Gasteiger partial charge in [0.05, 0.1) is 0 Å². The maximum atomic E-state index is 10.3. The van der Waals surface area contributed by atoms with Crippen molar-refractivity contribution in [1.29, 1.82) is 0 Å². The van der Waals surface area contributed by atoms with Crippen LogP contribution in [0.15, 0.2) is 28.7 Å². The van der Waals surface area contributed by atoms with E-state index in [-0.39, 0.29) is 0 Å². The Morgan fingerprint density at radius 3 is 1.79 bits per heavy atom. The quantitative estimate of drug-likeness (QED) is 0.696. The van der Waals surface area contributed by atoms with Crippen molar-refractivity contribution in [3.8, 4) is 0 Å². The second-order valence-corrected chi connectivity index (χ2v) is 5.88. The van der Waals surface area contributed by atoms with Crippen molar-refractivity contribution >= 4 is 47.3 Å². The molecule has 5 nitrogen and oxygen atoms in total. The highest BCUT2D eigenvalue weighted by Gasteiger charge is 1.87. The summed E-state index contributed by atoms with van der Waals surface area (Å²) in [4.78, 5) is 0. The molecule has 0 atom stereocenters. The van der Waals surface area contributed by atoms with Gasteiger partial charge >= 0.3 is 0 Å². The van der Waals surface area contributed by atoms with Gasteiger partial charge < -0.3 is 0 Å². The molecule has 0 aliphatic carbocycles. The van der Waals surface area contributed by atoms with Crippen molar-refractivity contribution in [3.05, 3.63) is 32.3 Å². The van der Waals surface area contributed by atoms with Gasteiger partial charge in [-0.05, 0) is 24.3 Å². The summed E-state index contributed by atoms with van der Waals surface area (Å²) in [6.45, 7) is 0. The largest absolute Gasteiger partial charge is 0.271 e. The molecule has 14 heavy (non-hydrogen) atoms. The van der Waals surface area contributed by atoms with E-state index in [1.54, 1.807) is 0 Å². The summed E-state index contributed by atoms with van der Waals surface area (Å²) >= 11 is 2.31. The lowest BCUT2D eigenvalue weighted by Crippen LogP contribution is -2.21. The van der Waals surface area contributed by atoms with Crippen LogP contribution in [0.1, 0.15) is 0 Å². The van der Waals surface area contributed by atoms with Gasteiger partial charge in [0.1, 0.15) is 0 Å². The molecule has 0 spiro atoms. The predicted octanol–water partition coefficient (Wildman–Crippen LogP) is 1.08.